The van der Waals surface area contributed by atoms with E-state index in [1.807, 2.05) is 18.2 Å². The Morgan fingerprint density at radius 3 is 2.69 bits per heavy atom. The van der Waals surface area contributed by atoms with Crippen LogP contribution in [0.5, 0.6) is 0 Å². The smallest absolute Gasteiger partial charge is 0.340 e. The minimum Gasteiger partial charge on any atom is -0.452 e. The van der Waals surface area contributed by atoms with E-state index in [1.165, 1.54) is 12.0 Å². The van der Waals surface area contributed by atoms with Crippen LogP contribution in [0.15, 0.2) is 59.3 Å². The van der Waals surface area contributed by atoms with Gasteiger partial charge in [0.1, 0.15) is 5.52 Å². The molecular formula is C22H23N3O4. The Hall–Kier alpha value is -3.19. The third kappa shape index (κ3) is 4.81. The highest BCUT2D eigenvalue weighted by Gasteiger charge is 2.22. The number of esters is 1. The van der Waals surface area contributed by atoms with Gasteiger partial charge in [-0.25, -0.2) is 9.78 Å². The van der Waals surface area contributed by atoms with Crippen molar-refractivity contribution in [3.63, 3.8) is 0 Å². The van der Waals surface area contributed by atoms with E-state index in [9.17, 15) is 9.59 Å². The molecule has 1 amide bonds. The van der Waals surface area contributed by atoms with E-state index < -0.39 is 5.97 Å². The van der Waals surface area contributed by atoms with E-state index in [1.54, 1.807) is 18.2 Å². The van der Waals surface area contributed by atoms with Crippen molar-refractivity contribution < 1.29 is 18.7 Å². The number of hydrogen-bond donors (Lipinski definition) is 1. The monoisotopic (exact) mass is 393 g/mol. The zero-order valence-electron chi connectivity index (χ0n) is 16.0. The molecule has 1 fully saturated rings. The fraction of sp³-hybridized carbons (Fsp3) is 0.318. The molecule has 1 N–H and O–H groups in total. The normalized spacial score (nSPS) is 15.3. The van der Waals surface area contributed by atoms with Crippen molar-refractivity contribution in [3.05, 3.63) is 66.1 Å². The number of nitrogens with zero attached hydrogens (tertiary/aromatic N) is 2. The number of benzene rings is 2. The average Bonchev–Trinajstić information content (AvgIpc) is 3.23. The number of likely N-dealkylation sites (tertiary alicyclic amines) is 1. The van der Waals surface area contributed by atoms with Crippen molar-refractivity contribution in [1.29, 1.82) is 0 Å². The number of carbonyl (C=O) groups excluding carboxylic acids is 2. The van der Waals surface area contributed by atoms with Gasteiger partial charge in [0.15, 0.2) is 18.6 Å². The summed E-state index contributed by atoms with van der Waals surface area (Å²) in [5, 5.41) is 2.97. The number of oxazole rings is 1. The summed E-state index contributed by atoms with van der Waals surface area (Å²) in [5.41, 5.74) is 2.53. The lowest BCUT2D eigenvalue weighted by Crippen LogP contribution is -2.45. The highest BCUT2D eigenvalue weighted by Crippen LogP contribution is 2.18. The molecule has 4 rings (SSSR count). The lowest BCUT2D eigenvalue weighted by molar-refractivity contribution is -0.125. The van der Waals surface area contributed by atoms with Gasteiger partial charge in [-0.15, -0.1) is 0 Å². The average molecular weight is 393 g/mol. The van der Waals surface area contributed by atoms with E-state index >= 15 is 0 Å². The van der Waals surface area contributed by atoms with Gasteiger partial charge in [-0.1, -0.05) is 36.4 Å². The Morgan fingerprint density at radius 1 is 1.10 bits per heavy atom. The number of piperidine rings is 1. The van der Waals surface area contributed by atoms with Crippen LogP contribution in [0.25, 0.3) is 11.1 Å². The van der Waals surface area contributed by atoms with Crippen molar-refractivity contribution in [2.45, 2.75) is 25.4 Å². The van der Waals surface area contributed by atoms with Crippen LogP contribution in [0.4, 0.5) is 0 Å². The molecule has 1 aliphatic heterocycles. The minimum absolute atomic E-state index is 0.104. The van der Waals surface area contributed by atoms with Crippen molar-refractivity contribution in [3.8, 4) is 0 Å². The lowest BCUT2D eigenvalue weighted by atomic mass is 10.0. The lowest BCUT2D eigenvalue weighted by Gasteiger charge is -2.32. The van der Waals surface area contributed by atoms with Gasteiger partial charge in [-0.3, -0.25) is 9.69 Å². The highest BCUT2D eigenvalue weighted by molar-refractivity contribution is 6.01. The Kier molecular flexibility index (Phi) is 5.86. The third-order valence-electron chi connectivity index (χ3n) is 5.12. The molecule has 0 atom stereocenters. The number of carbonyl (C=O) groups is 2. The first kappa shape index (κ1) is 19.1. The quantitative estimate of drug-likeness (QED) is 0.649. The first-order chi connectivity index (χ1) is 14.2. The van der Waals surface area contributed by atoms with Crippen LogP contribution in [-0.4, -0.2) is 47.5 Å². The summed E-state index contributed by atoms with van der Waals surface area (Å²) in [7, 11) is 0. The summed E-state index contributed by atoms with van der Waals surface area (Å²) in [6.45, 7) is 2.46. The van der Waals surface area contributed by atoms with Gasteiger partial charge in [-0.05, 0) is 30.5 Å². The maximum atomic E-state index is 12.3. The van der Waals surface area contributed by atoms with E-state index in [0.717, 1.165) is 32.5 Å². The van der Waals surface area contributed by atoms with Gasteiger partial charge in [0.25, 0.3) is 5.91 Å². The van der Waals surface area contributed by atoms with E-state index in [-0.39, 0.29) is 18.6 Å². The number of fused-ring (bicyclic) bond motifs is 1. The van der Waals surface area contributed by atoms with Crippen LogP contribution in [0, 0.1) is 0 Å². The third-order valence-corrected chi connectivity index (χ3v) is 5.12. The summed E-state index contributed by atoms with van der Waals surface area (Å²) >= 11 is 0. The fourth-order valence-electron chi connectivity index (χ4n) is 3.61. The minimum atomic E-state index is -0.586. The van der Waals surface area contributed by atoms with Gasteiger partial charge in [0.05, 0.1) is 5.56 Å². The first-order valence-electron chi connectivity index (χ1n) is 9.74. The zero-order chi connectivity index (χ0) is 20.1. The van der Waals surface area contributed by atoms with Gasteiger partial charge in [0.2, 0.25) is 0 Å². The molecule has 3 aromatic rings. The maximum Gasteiger partial charge on any atom is 0.340 e. The number of nitrogens with one attached hydrogen (secondary N) is 1. The zero-order valence-corrected chi connectivity index (χ0v) is 16.0. The van der Waals surface area contributed by atoms with Gasteiger partial charge in [0, 0.05) is 25.7 Å². The molecule has 0 unspecified atom stereocenters. The molecule has 1 aliphatic rings. The summed E-state index contributed by atoms with van der Waals surface area (Å²) in [6, 6.07) is 15.5. The van der Waals surface area contributed by atoms with Crippen LogP contribution < -0.4 is 5.32 Å². The van der Waals surface area contributed by atoms with Crippen LogP contribution in [0.3, 0.4) is 0 Å². The van der Waals surface area contributed by atoms with Crippen molar-refractivity contribution in [1.82, 2.24) is 15.2 Å². The van der Waals surface area contributed by atoms with Crippen LogP contribution in [0.2, 0.25) is 0 Å². The number of hydrogen-bond acceptors (Lipinski definition) is 6. The van der Waals surface area contributed by atoms with Gasteiger partial charge in [-0.2, -0.15) is 0 Å². The molecule has 1 saturated heterocycles. The molecule has 1 aromatic heterocycles. The predicted molar refractivity (Wildman–Crippen MR) is 107 cm³/mol. The molecule has 29 heavy (non-hydrogen) atoms. The Labute approximate surface area is 168 Å². The second-order valence-electron chi connectivity index (χ2n) is 7.18. The molecular weight excluding hydrogens is 370 g/mol. The predicted octanol–water partition coefficient (Wildman–Crippen LogP) is 2.77. The van der Waals surface area contributed by atoms with Crippen LogP contribution in [0.1, 0.15) is 28.8 Å². The number of rotatable bonds is 6. The summed E-state index contributed by atoms with van der Waals surface area (Å²) in [6.07, 6.45) is 3.04. The Balaban J connectivity index is 1.21. The molecule has 0 bridgehead atoms. The standard InChI is InChI=1S/C22H23N3O4/c26-20(14-28-22(27)18-7-4-8-19-21(18)23-15-29-19)24-17-9-11-25(12-10-17)13-16-5-2-1-3-6-16/h1-8,15,17H,9-14H2,(H,24,26). The van der Waals surface area contributed by atoms with Crippen LogP contribution in [-0.2, 0) is 16.1 Å². The van der Waals surface area contributed by atoms with Crippen molar-refractivity contribution in [2.24, 2.45) is 0 Å². The highest BCUT2D eigenvalue weighted by atomic mass is 16.5. The van der Waals surface area contributed by atoms with Crippen molar-refractivity contribution in [2.75, 3.05) is 19.7 Å². The number of ether oxygens (including phenoxy) is 1. The second-order valence-corrected chi connectivity index (χ2v) is 7.18. The first-order valence-corrected chi connectivity index (χ1v) is 9.74. The maximum absolute atomic E-state index is 12.3. The second kappa shape index (κ2) is 8.87. The summed E-state index contributed by atoms with van der Waals surface area (Å²) < 4.78 is 10.3. The van der Waals surface area contributed by atoms with E-state index in [0.29, 0.717) is 16.7 Å². The van der Waals surface area contributed by atoms with Gasteiger partial charge >= 0.3 is 5.97 Å². The van der Waals surface area contributed by atoms with E-state index in [4.69, 9.17) is 9.15 Å². The molecule has 150 valence electrons. The van der Waals surface area contributed by atoms with Gasteiger partial charge < -0.3 is 14.5 Å². The molecule has 0 radical (unpaired) electrons. The molecule has 0 saturated carbocycles. The number of aromatic nitrogens is 1. The summed E-state index contributed by atoms with van der Waals surface area (Å²) in [4.78, 5) is 30.9. The topological polar surface area (TPSA) is 84.7 Å². The van der Waals surface area contributed by atoms with Crippen molar-refractivity contribution >= 4 is 23.0 Å². The SMILES string of the molecule is O=C(COC(=O)c1cccc2ocnc12)NC1CCN(Cc2ccccc2)CC1. The Morgan fingerprint density at radius 2 is 1.90 bits per heavy atom. The molecule has 7 heteroatoms. The largest absolute Gasteiger partial charge is 0.452 e. The number of para-hydroxylation sites is 1. The van der Waals surface area contributed by atoms with Crippen LogP contribution >= 0.6 is 0 Å². The summed E-state index contributed by atoms with van der Waals surface area (Å²) in [5.74, 6) is -0.871. The molecule has 2 aromatic carbocycles. The Bertz CT molecular complexity index is 978. The molecule has 0 aliphatic carbocycles. The number of amides is 1. The molecule has 2 heterocycles. The fourth-order valence-corrected chi connectivity index (χ4v) is 3.61. The molecule has 0 spiro atoms. The van der Waals surface area contributed by atoms with E-state index in [2.05, 4.69) is 27.3 Å². The molecule has 7 nitrogen and oxygen atoms in total.